The Morgan fingerprint density at radius 2 is 1.31 bits per heavy atom. The Morgan fingerprint density at radius 3 is 1.90 bits per heavy atom. The van der Waals surface area contributed by atoms with E-state index >= 15 is 0 Å². The monoisotopic (exact) mass is 552 g/mol. The van der Waals surface area contributed by atoms with Crippen LogP contribution in [0, 0.1) is 50.0 Å². The van der Waals surface area contributed by atoms with Crippen LogP contribution in [0.2, 0.25) is 0 Å². The van der Waals surface area contributed by atoms with Crippen molar-refractivity contribution in [2.75, 3.05) is 0 Å². The molecular weight excluding hydrogens is 519 g/mol. The van der Waals surface area contributed by atoms with E-state index in [1.807, 2.05) is 36.5 Å². The first-order valence-electron chi connectivity index (χ1n) is 8.53. The van der Waals surface area contributed by atoms with Crippen molar-refractivity contribution in [1.82, 2.24) is 0 Å². The number of benzene rings is 3. The second-order valence-electron chi connectivity index (χ2n) is 6.47. The molecule has 0 spiro atoms. The molecule has 0 radical (unpaired) electrons. The zero-order valence-corrected chi connectivity index (χ0v) is 22.3. The maximum Gasteiger partial charge on any atom is 4.00 e. The van der Waals surface area contributed by atoms with E-state index in [0.29, 0.717) is 0 Å². The summed E-state index contributed by atoms with van der Waals surface area (Å²) in [5.74, 6) is 0. The van der Waals surface area contributed by atoms with Gasteiger partial charge in [-0.05, 0) is 44.4 Å². The Hall–Kier alpha value is -2.00. The van der Waals surface area contributed by atoms with Crippen molar-refractivity contribution in [2.24, 2.45) is 4.99 Å². The van der Waals surface area contributed by atoms with E-state index in [9.17, 15) is 0 Å². The van der Waals surface area contributed by atoms with E-state index in [4.69, 9.17) is 10.3 Å². The van der Waals surface area contributed by atoms with Gasteiger partial charge in [-0.2, -0.15) is 0 Å². The number of nitrogens with zero attached hydrogens (tertiary/aromatic N) is 2. The van der Waals surface area contributed by atoms with Crippen LogP contribution in [0.25, 0.3) is 5.32 Å². The van der Waals surface area contributed by atoms with E-state index < -0.39 is 0 Å². The molecule has 0 saturated carbocycles. The minimum atomic E-state index is 0. The summed E-state index contributed by atoms with van der Waals surface area (Å²) in [4.78, 5) is 4.78. The molecule has 0 amide bonds. The van der Waals surface area contributed by atoms with Crippen molar-refractivity contribution in [2.45, 2.75) is 27.7 Å². The zero-order valence-electron chi connectivity index (χ0n) is 18.7. The number of rotatable bonds is 4. The van der Waals surface area contributed by atoms with E-state index in [1.165, 1.54) is 16.7 Å². The van der Waals surface area contributed by atoms with Gasteiger partial charge in [0.15, 0.2) is 0 Å². The molecule has 0 aliphatic rings. The van der Waals surface area contributed by atoms with Crippen LogP contribution < -0.4 is 0 Å². The van der Waals surface area contributed by atoms with Crippen molar-refractivity contribution < 1.29 is 25.8 Å². The van der Waals surface area contributed by atoms with Gasteiger partial charge in [0.25, 0.3) is 0 Å². The molecule has 150 valence electrons. The van der Waals surface area contributed by atoms with E-state index in [1.54, 1.807) is 0 Å². The molecule has 0 aliphatic carbocycles. The first kappa shape index (κ1) is 29.2. The largest absolute Gasteiger partial charge is 4.00 e. The van der Waals surface area contributed by atoms with Crippen molar-refractivity contribution in [3.8, 4) is 0 Å². The molecular formula is C26H32HfN2. The molecule has 3 aromatic carbocycles. The number of hydrogen-bond donors (Lipinski definition) is 0. The summed E-state index contributed by atoms with van der Waals surface area (Å²) >= 11 is 0. The smallest absolute Gasteiger partial charge is 0.657 e. The SMILES string of the molecule is Cc1cc(C)c([N-]c2ccccc2)c(C=Nc2c(C)cccc2C)c1.[CH3-].[CH3-].[CH3-].[Hf+4]. The minimum absolute atomic E-state index is 0. The zero-order chi connectivity index (χ0) is 17.8. The number of hydrogen-bond acceptors (Lipinski definition) is 1. The van der Waals surface area contributed by atoms with E-state index in [0.717, 1.165) is 28.2 Å². The molecule has 0 aromatic heterocycles. The molecule has 0 fully saturated rings. The average molecular weight is 551 g/mol. The summed E-state index contributed by atoms with van der Waals surface area (Å²) in [5, 5.41) is 4.85. The Labute approximate surface area is 197 Å². The fourth-order valence-electron chi connectivity index (χ4n) is 3.02. The molecule has 3 rings (SSSR count). The molecule has 3 aromatic rings. The van der Waals surface area contributed by atoms with Gasteiger partial charge >= 0.3 is 25.8 Å². The number of aryl methyl sites for hydroxylation is 4. The van der Waals surface area contributed by atoms with Gasteiger partial charge in [-0.25, -0.2) is 0 Å². The fourth-order valence-corrected chi connectivity index (χ4v) is 3.02. The van der Waals surface area contributed by atoms with Gasteiger partial charge in [0, 0.05) is 6.21 Å². The third kappa shape index (κ3) is 7.40. The van der Waals surface area contributed by atoms with E-state index in [2.05, 4.69) is 58.0 Å². The van der Waals surface area contributed by atoms with Crippen molar-refractivity contribution >= 4 is 23.3 Å². The second-order valence-corrected chi connectivity index (χ2v) is 6.47. The molecule has 0 bridgehead atoms. The second kappa shape index (κ2) is 13.3. The van der Waals surface area contributed by atoms with Crippen molar-refractivity contribution in [3.63, 3.8) is 0 Å². The predicted molar refractivity (Wildman–Crippen MR) is 127 cm³/mol. The quantitative estimate of drug-likeness (QED) is 0.177. The van der Waals surface area contributed by atoms with Gasteiger partial charge in [0.05, 0.1) is 5.69 Å². The molecule has 0 N–H and O–H groups in total. The van der Waals surface area contributed by atoms with Gasteiger partial charge < -0.3 is 27.6 Å². The molecule has 0 aliphatic heterocycles. The van der Waals surface area contributed by atoms with Gasteiger partial charge in [-0.15, -0.1) is 11.4 Å². The normalized spacial score (nSPS) is 9.52. The van der Waals surface area contributed by atoms with Gasteiger partial charge in [-0.1, -0.05) is 71.8 Å². The molecule has 0 heterocycles. The molecule has 3 heteroatoms. The molecule has 0 atom stereocenters. The summed E-state index contributed by atoms with van der Waals surface area (Å²) in [6.45, 7) is 8.40. The average Bonchev–Trinajstić information content (AvgIpc) is 2.58. The molecule has 0 saturated heterocycles. The third-order valence-corrected chi connectivity index (χ3v) is 4.24. The third-order valence-electron chi connectivity index (χ3n) is 4.24. The first-order valence-corrected chi connectivity index (χ1v) is 8.53. The standard InChI is InChI=1S/C23H23N2.3CH3.Hf/c1-16-13-19(4)23(25-21-11-6-5-7-12-21)20(14-16)15-24-22-17(2)9-8-10-18(22)3;;;;/h5-15H,1-4H3;3*1H3;/q4*-1;+4. The molecule has 29 heavy (non-hydrogen) atoms. The van der Waals surface area contributed by atoms with Crippen LogP contribution in [0.15, 0.2) is 65.7 Å². The Morgan fingerprint density at radius 1 is 0.724 bits per heavy atom. The van der Waals surface area contributed by atoms with Crippen LogP contribution in [-0.2, 0) is 25.8 Å². The van der Waals surface area contributed by atoms with Crippen LogP contribution in [0.1, 0.15) is 27.8 Å². The van der Waals surface area contributed by atoms with Crippen LogP contribution in [0.3, 0.4) is 0 Å². The van der Waals surface area contributed by atoms with Crippen LogP contribution in [0.5, 0.6) is 0 Å². The van der Waals surface area contributed by atoms with Gasteiger partial charge in [0.2, 0.25) is 0 Å². The summed E-state index contributed by atoms with van der Waals surface area (Å²) in [7, 11) is 0. The molecule has 0 unspecified atom stereocenters. The summed E-state index contributed by atoms with van der Waals surface area (Å²) in [6, 6.07) is 20.6. The van der Waals surface area contributed by atoms with Crippen LogP contribution in [-0.4, -0.2) is 6.21 Å². The van der Waals surface area contributed by atoms with Crippen LogP contribution in [0.4, 0.5) is 17.1 Å². The predicted octanol–water partition coefficient (Wildman–Crippen LogP) is 8.36. The Balaban J connectivity index is 0. The number of para-hydroxylation sites is 2. The first-order chi connectivity index (χ1) is 12.0. The fraction of sp³-hybridized carbons (Fsp3) is 0.154. The summed E-state index contributed by atoms with van der Waals surface area (Å²) in [6.07, 6.45) is 1.94. The summed E-state index contributed by atoms with van der Waals surface area (Å²) < 4.78 is 0. The van der Waals surface area contributed by atoms with Crippen molar-refractivity contribution in [3.05, 3.63) is 116 Å². The Kier molecular flexibility index (Phi) is 13.4. The maximum absolute atomic E-state index is 4.85. The van der Waals surface area contributed by atoms with Crippen LogP contribution >= 0.6 is 0 Å². The van der Waals surface area contributed by atoms with Gasteiger partial charge in [0.1, 0.15) is 0 Å². The van der Waals surface area contributed by atoms with Gasteiger partial charge in [-0.3, -0.25) is 4.99 Å². The number of aliphatic imine (C=N–C) groups is 1. The van der Waals surface area contributed by atoms with E-state index in [-0.39, 0.29) is 48.1 Å². The maximum atomic E-state index is 4.85. The van der Waals surface area contributed by atoms with Crippen molar-refractivity contribution in [1.29, 1.82) is 0 Å². The summed E-state index contributed by atoms with van der Waals surface area (Å²) in [5.41, 5.74) is 8.75. The Bertz CT molecular complexity index is 895. The minimum Gasteiger partial charge on any atom is -0.657 e. The molecule has 2 nitrogen and oxygen atoms in total. The topological polar surface area (TPSA) is 26.5 Å².